The molecule has 0 aliphatic carbocycles. The van der Waals surface area contributed by atoms with E-state index in [1.165, 1.54) is 12.5 Å². The first-order valence-electron chi connectivity index (χ1n) is 6.86. The highest BCUT2D eigenvalue weighted by Gasteiger charge is 2.23. The summed E-state index contributed by atoms with van der Waals surface area (Å²) in [6.07, 6.45) is 3.40. The normalized spacial score (nSPS) is 11.9. The van der Waals surface area contributed by atoms with Crippen LogP contribution in [0.5, 0.6) is 0 Å². The molecule has 19 heavy (non-hydrogen) atoms. The molecular formula is C16H22O3. The van der Waals surface area contributed by atoms with Crippen molar-refractivity contribution in [2.45, 2.75) is 39.5 Å². The molecule has 0 aromatic heterocycles. The van der Waals surface area contributed by atoms with Crippen molar-refractivity contribution >= 4 is 11.8 Å². The van der Waals surface area contributed by atoms with E-state index in [4.69, 9.17) is 4.74 Å². The lowest BCUT2D eigenvalue weighted by Gasteiger charge is -2.12. The minimum Gasteiger partial charge on any atom is -0.465 e. The molecule has 1 aromatic rings. The van der Waals surface area contributed by atoms with Crippen LogP contribution >= 0.6 is 0 Å². The van der Waals surface area contributed by atoms with Gasteiger partial charge in [-0.3, -0.25) is 9.59 Å². The Kier molecular flexibility index (Phi) is 6.86. The van der Waals surface area contributed by atoms with Crippen LogP contribution in [0.4, 0.5) is 0 Å². The zero-order valence-electron chi connectivity index (χ0n) is 11.7. The second-order valence-corrected chi connectivity index (χ2v) is 4.65. The third kappa shape index (κ3) is 5.69. The summed E-state index contributed by atoms with van der Waals surface area (Å²) in [5, 5.41) is 0. The first kappa shape index (κ1) is 15.4. The van der Waals surface area contributed by atoms with Crippen molar-refractivity contribution in [3.8, 4) is 0 Å². The highest BCUT2D eigenvalue weighted by atomic mass is 16.5. The van der Waals surface area contributed by atoms with Crippen molar-refractivity contribution in [1.29, 1.82) is 0 Å². The molecule has 104 valence electrons. The molecule has 0 aliphatic rings. The number of ketones is 1. The van der Waals surface area contributed by atoms with Gasteiger partial charge in [-0.05, 0) is 38.7 Å². The molecule has 0 saturated heterocycles. The van der Waals surface area contributed by atoms with Gasteiger partial charge in [-0.1, -0.05) is 36.8 Å². The molecule has 3 heteroatoms. The number of hydrogen-bond donors (Lipinski definition) is 0. The SMILES string of the molecule is CCOC(=O)C(CCCCc1ccccc1)C(C)=O. The summed E-state index contributed by atoms with van der Waals surface area (Å²) in [6.45, 7) is 3.54. The zero-order valence-corrected chi connectivity index (χ0v) is 11.7. The number of Topliss-reactive ketones (excluding diaryl/α,β-unsaturated/α-hetero) is 1. The van der Waals surface area contributed by atoms with Crippen molar-refractivity contribution in [3.05, 3.63) is 35.9 Å². The fourth-order valence-corrected chi connectivity index (χ4v) is 2.05. The molecule has 0 amide bonds. The number of carbonyl (C=O) groups excluding carboxylic acids is 2. The van der Waals surface area contributed by atoms with Crippen LogP contribution in [-0.4, -0.2) is 18.4 Å². The standard InChI is InChI=1S/C16H22O3/c1-3-19-16(18)15(13(2)17)12-8-7-11-14-9-5-4-6-10-14/h4-6,9-10,15H,3,7-8,11-12H2,1-2H3. The van der Waals surface area contributed by atoms with Crippen LogP contribution in [0.15, 0.2) is 30.3 Å². The monoisotopic (exact) mass is 262 g/mol. The van der Waals surface area contributed by atoms with Gasteiger partial charge in [-0.15, -0.1) is 0 Å². The summed E-state index contributed by atoms with van der Waals surface area (Å²) in [5.41, 5.74) is 1.29. The van der Waals surface area contributed by atoms with E-state index < -0.39 is 5.92 Å². The first-order chi connectivity index (χ1) is 9.15. The molecule has 0 radical (unpaired) electrons. The number of rotatable bonds is 8. The quantitative estimate of drug-likeness (QED) is 0.410. The molecule has 1 atom stereocenters. The first-order valence-corrected chi connectivity index (χ1v) is 6.86. The predicted octanol–water partition coefficient (Wildman–Crippen LogP) is 3.17. The largest absolute Gasteiger partial charge is 0.465 e. The Labute approximate surface area is 115 Å². The van der Waals surface area contributed by atoms with Gasteiger partial charge in [-0.25, -0.2) is 0 Å². The van der Waals surface area contributed by atoms with Crippen molar-refractivity contribution in [2.24, 2.45) is 5.92 Å². The van der Waals surface area contributed by atoms with Gasteiger partial charge in [0.15, 0.2) is 0 Å². The molecule has 0 N–H and O–H groups in total. The number of carbonyl (C=O) groups is 2. The molecule has 1 rings (SSSR count). The molecule has 3 nitrogen and oxygen atoms in total. The van der Waals surface area contributed by atoms with Crippen LogP contribution < -0.4 is 0 Å². The highest BCUT2D eigenvalue weighted by Crippen LogP contribution is 2.14. The van der Waals surface area contributed by atoms with E-state index in [0.29, 0.717) is 13.0 Å². The van der Waals surface area contributed by atoms with Gasteiger partial charge in [0.1, 0.15) is 11.7 Å². The topological polar surface area (TPSA) is 43.4 Å². The lowest BCUT2D eigenvalue weighted by molar-refractivity contribution is -0.151. The number of hydrogen-bond acceptors (Lipinski definition) is 3. The maximum absolute atomic E-state index is 11.6. The molecule has 0 fully saturated rings. The van der Waals surface area contributed by atoms with E-state index in [1.54, 1.807) is 6.92 Å². The fraction of sp³-hybridized carbons (Fsp3) is 0.500. The Morgan fingerprint density at radius 1 is 1.16 bits per heavy atom. The maximum Gasteiger partial charge on any atom is 0.316 e. The molecule has 1 aromatic carbocycles. The average Bonchev–Trinajstić information content (AvgIpc) is 2.39. The van der Waals surface area contributed by atoms with Gasteiger partial charge in [-0.2, -0.15) is 0 Å². The summed E-state index contributed by atoms with van der Waals surface area (Å²) in [7, 11) is 0. The second-order valence-electron chi connectivity index (χ2n) is 4.65. The molecule has 0 aliphatic heterocycles. The van der Waals surface area contributed by atoms with Gasteiger partial charge in [0.2, 0.25) is 0 Å². The summed E-state index contributed by atoms with van der Waals surface area (Å²) in [5.74, 6) is -1.07. The molecule has 0 bridgehead atoms. The zero-order chi connectivity index (χ0) is 14.1. The Morgan fingerprint density at radius 2 is 1.84 bits per heavy atom. The smallest absolute Gasteiger partial charge is 0.316 e. The minimum absolute atomic E-state index is 0.0989. The number of benzene rings is 1. The third-order valence-electron chi connectivity index (χ3n) is 3.11. The Bertz CT molecular complexity index is 398. The second kappa shape index (κ2) is 8.46. The predicted molar refractivity (Wildman–Crippen MR) is 74.8 cm³/mol. The van der Waals surface area contributed by atoms with Gasteiger partial charge in [0.05, 0.1) is 6.61 Å². The van der Waals surface area contributed by atoms with Crippen LogP contribution in [0.3, 0.4) is 0 Å². The lowest BCUT2D eigenvalue weighted by atomic mass is 9.96. The van der Waals surface area contributed by atoms with E-state index >= 15 is 0 Å². The summed E-state index contributed by atoms with van der Waals surface area (Å²) < 4.78 is 4.92. The van der Waals surface area contributed by atoms with Crippen molar-refractivity contribution in [2.75, 3.05) is 6.61 Å². The average molecular weight is 262 g/mol. The molecule has 1 unspecified atom stereocenters. The van der Waals surface area contributed by atoms with Crippen LogP contribution in [0.1, 0.15) is 38.7 Å². The van der Waals surface area contributed by atoms with Crippen LogP contribution in [0, 0.1) is 5.92 Å². The Balaban J connectivity index is 2.33. The third-order valence-corrected chi connectivity index (χ3v) is 3.11. The van der Waals surface area contributed by atoms with Gasteiger partial charge >= 0.3 is 5.97 Å². The van der Waals surface area contributed by atoms with Crippen molar-refractivity contribution < 1.29 is 14.3 Å². The molecule has 0 saturated carbocycles. The van der Waals surface area contributed by atoms with Crippen molar-refractivity contribution in [1.82, 2.24) is 0 Å². The Morgan fingerprint density at radius 3 is 2.42 bits per heavy atom. The van der Waals surface area contributed by atoms with Gasteiger partial charge < -0.3 is 4.74 Å². The number of aryl methyl sites for hydroxylation is 1. The van der Waals surface area contributed by atoms with Crippen LogP contribution in [0.25, 0.3) is 0 Å². The molecular weight excluding hydrogens is 240 g/mol. The Hall–Kier alpha value is -1.64. The minimum atomic E-state index is -0.587. The number of unbranched alkanes of at least 4 members (excludes halogenated alkanes) is 1. The molecule has 0 spiro atoms. The van der Waals surface area contributed by atoms with E-state index in [1.807, 2.05) is 18.2 Å². The van der Waals surface area contributed by atoms with E-state index in [0.717, 1.165) is 19.3 Å². The highest BCUT2D eigenvalue weighted by molar-refractivity contribution is 5.97. The lowest BCUT2D eigenvalue weighted by Crippen LogP contribution is -2.24. The summed E-state index contributed by atoms with van der Waals surface area (Å²) >= 11 is 0. The van der Waals surface area contributed by atoms with Crippen LogP contribution in [0.2, 0.25) is 0 Å². The maximum atomic E-state index is 11.6. The van der Waals surface area contributed by atoms with E-state index in [-0.39, 0.29) is 11.8 Å². The van der Waals surface area contributed by atoms with Gasteiger partial charge in [0.25, 0.3) is 0 Å². The van der Waals surface area contributed by atoms with E-state index in [2.05, 4.69) is 12.1 Å². The van der Waals surface area contributed by atoms with E-state index in [9.17, 15) is 9.59 Å². The molecule has 0 heterocycles. The summed E-state index contributed by atoms with van der Waals surface area (Å²) in [4.78, 5) is 23.0. The van der Waals surface area contributed by atoms with Gasteiger partial charge in [0, 0.05) is 0 Å². The summed E-state index contributed by atoms with van der Waals surface area (Å²) in [6, 6.07) is 10.2. The van der Waals surface area contributed by atoms with Crippen molar-refractivity contribution in [3.63, 3.8) is 0 Å². The fourth-order valence-electron chi connectivity index (χ4n) is 2.05. The van der Waals surface area contributed by atoms with Crippen LogP contribution in [-0.2, 0) is 20.7 Å². The number of ether oxygens (including phenoxy) is 1. The number of esters is 1.